The van der Waals surface area contributed by atoms with Gasteiger partial charge in [0, 0.05) is 31.1 Å². The molecule has 0 radical (unpaired) electrons. The molecule has 17 heavy (non-hydrogen) atoms. The average Bonchev–Trinajstić information content (AvgIpc) is 2.79. The molecule has 0 aliphatic carbocycles. The van der Waals surface area contributed by atoms with E-state index in [1.165, 1.54) is 11.3 Å². The Balaban J connectivity index is 0.00000144. The number of nitrogens with one attached hydrogen (secondary N) is 1. The van der Waals surface area contributed by atoms with Gasteiger partial charge in [-0.05, 0) is 18.6 Å². The number of hydrogen-bond donors (Lipinski definition) is 1. The van der Waals surface area contributed by atoms with Gasteiger partial charge < -0.3 is 5.32 Å². The van der Waals surface area contributed by atoms with E-state index in [0.29, 0.717) is 17.3 Å². The molecule has 7 heteroatoms. The minimum absolute atomic E-state index is 0. The van der Waals surface area contributed by atoms with Crippen LogP contribution in [0.1, 0.15) is 11.8 Å². The zero-order valence-electron chi connectivity index (χ0n) is 9.68. The molecule has 1 N–H and O–H groups in total. The highest BCUT2D eigenvalue weighted by molar-refractivity contribution is 7.91. The molecule has 0 spiro atoms. The van der Waals surface area contributed by atoms with Gasteiger partial charge in [-0.1, -0.05) is 6.92 Å². The Bertz CT molecular complexity index is 453. The van der Waals surface area contributed by atoms with Crippen molar-refractivity contribution in [3.05, 3.63) is 17.0 Å². The van der Waals surface area contributed by atoms with Gasteiger partial charge in [-0.3, -0.25) is 0 Å². The van der Waals surface area contributed by atoms with E-state index in [1.54, 1.807) is 10.4 Å². The van der Waals surface area contributed by atoms with Crippen molar-refractivity contribution in [1.29, 1.82) is 0 Å². The van der Waals surface area contributed by atoms with E-state index in [0.717, 1.165) is 24.4 Å². The topological polar surface area (TPSA) is 49.4 Å². The molecule has 2 heterocycles. The summed E-state index contributed by atoms with van der Waals surface area (Å²) in [5.41, 5.74) is 0. The molecule has 1 saturated heterocycles. The predicted octanol–water partition coefficient (Wildman–Crippen LogP) is 1.33. The van der Waals surface area contributed by atoms with Gasteiger partial charge in [0.25, 0.3) is 10.0 Å². The van der Waals surface area contributed by atoms with Crippen LogP contribution in [0, 0.1) is 0 Å². The third-order valence-electron chi connectivity index (χ3n) is 2.66. The Morgan fingerprint density at radius 1 is 1.35 bits per heavy atom. The van der Waals surface area contributed by atoms with Gasteiger partial charge in [-0.2, -0.15) is 4.31 Å². The number of aryl methyl sites for hydroxylation is 1. The summed E-state index contributed by atoms with van der Waals surface area (Å²) in [7, 11) is -3.24. The van der Waals surface area contributed by atoms with Gasteiger partial charge in [0.15, 0.2) is 0 Å². The van der Waals surface area contributed by atoms with Gasteiger partial charge in [0.2, 0.25) is 0 Å². The zero-order valence-corrected chi connectivity index (χ0v) is 12.1. The van der Waals surface area contributed by atoms with E-state index in [1.807, 2.05) is 13.0 Å². The van der Waals surface area contributed by atoms with Gasteiger partial charge in [0.05, 0.1) is 0 Å². The standard InChI is InChI=1S/C10H16N2O2S2.ClH/c1-2-9-3-4-10(15-9)16(13,14)12-7-5-11-6-8-12;/h3-4,11H,2,5-8H2,1H3;1H. The van der Waals surface area contributed by atoms with Gasteiger partial charge in [-0.25, -0.2) is 8.42 Å². The summed E-state index contributed by atoms with van der Waals surface area (Å²) in [5.74, 6) is 0. The molecule has 1 aliphatic heterocycles. The summed E-state index contributed by atoms with van der Waals surface area (Å²) in [4.78, 5) is 1.12. The Morgan fingerprint density at radius 2 is 2.00 bits per heavy atom. The highest BCUT2D eigenvalue weighted by Crippen LogP contribution is 2.25. The lowest BCUT2D eigenvalue weighted by Crippen LogP contribution is -2.46. The third-order valence-corrected chi connectivity index (χ3v) is 6.25. The third kappa shape index (κ3) is 3.20. The Hall–Kier alpha value is -0.140. The van der Waals surface area contributed by atoms with Crippen LogP contribution in [0.15, 0.2) is 16.3 Å². The fourth-order valence-corrected chi connectivity index (χ4v) is 4.59. The maximum absolute atomic E-state index is 12.2. The first-order chi connectivity index (χ1) is 7.64. The summed E-state index contributed by atoms with van der Waals surface area (Å²) in [5, 5.41) is 3.15. The molecule has 1 aromatic heterocycles. The van der Waals surface area contributed by atoms with Crippen LogP contribution in [-0.2, 0) is 16.4 Å². The van der Waals surface area contributed by atoms with Crippen LogP contribution < -0.4 is 5.32 Å². The van der Waals surface area contributed by atoms with Crippen molar-refractivity contribution in [3.63, 3.8) is 0 Å². The lowest BCUT2D eigenvalue weighted by Gasteiger charge is -2.25. The average molecular weight is 297 g/mol. The maximum atomic E-state index is 12.2. The van der Waals surface area contributed by atoms with Crippen molar-refractivity contribution in [1.82, 2.24) is 9.62 Å². The second-order valence-corrected chi connectivity index (χ2v) is 7.06. The van der Waals surface area contributed by atoms with Crippen molar-refractivity contribution in [3.8, 4) is 0 Å². The van der Waals surface area contributed by atoms with Gasteiger partial charge in [0.1, 0.15) is 4.21 Å². The van der Waals surface area contributed by atoms with Gasteiger partial charge in [-0.15, -0.1) is 23.7 Å². The van der Waals surface area contributed by atoms with Crippen LogP contribution >= 0.6 is 23.7 Å². The number of halogens is 1. The molecule has 0 amide bonds. The minimum atomic E-state index is -3.24. The quantitative estimate of drug-likeness (QED) is 0.915. The highest BCUT2D eigenvalue weighted by Gasteiger charge is 2.26. The first-order valence-corrected chi connectivity index (χ1v) is 7.70. The van der Waals surface area contributed by atoms with Crippen LogP contribution in [0.25, 0.3) is 0 Å². The molecule has 98 valence electrons. The number of thiophene rings is 1. The van der Waals surface area contributed by atoms with E-state index in [4.69, 9.17) is 0 Å². The molecular formula is C10H17ClN2O2S2. The summed E-state index contributed by atoms with van der Waals surface area (Å²) in [6.45, 7) is 4.66. The summed E-state index contributed by atoms with van der Waals surface area (Å²) in [6, 6.07) is 3.63. The van der Waals surface area contributed by atoms with Crippen molar-refractivity contribution >= 4 is 33.8 Å². The van der Waals surface area contributed by atoms with Crippen LogP contribution in [0.4, 0.5) is 0 Å². The fourth-order valence-electron chi connectivity index (χ4n) is 1.70. The number of piperazine rings is 1. The van der Waals surface area contributed by atoms with Crippen LogP contribution in [0.5, 0.6) is 0 Å². The molecule has 1 aromatic rings. The van der Waals surface area contributed by atoms with E-state index in [-0.39, 0.29) is 12.4 Å². The Labute approximate surface area is 112 Å². The number of rotatable bonds is 3. The summed E-state index contributed by atoms with van der Waals surface area (Å²) < 4.78 is 26.5. The molecule has 0 bridgehead atoms. The number of nitrogens with zero attached hydrogens (tertiary/aromatic N) is 1. The van der Waals surface area contributed by atoms with E-state index >= 15 is 0 Å². The predicted molar refractivity (Wildman–Crippen MR) is 72.6 cm³/mol. The SMILES string of the molecule is CCc1ccc(S(=O)(=O)N2CCNCC2)s1.Cl. The molecule has 4 nitrogen and oxygen atoms in total. The maximum Gasteiger partial charge on any atom is 0.252 e. The molecule has 2 rings (SSSR count). The first kappa shape index (κ1) is 14.9. The number of hydrogen-bond acceptors (Lipinski definition) is 4. The zero-order chi connectivity index (χ0) is 11.6. The fraction of sp³-hybridized carbons (Fsp3) is 0.600. The van der Waals surface area contributed by atoms with E-state index < -0.39 is 10.0 Å². The summed E-state index contributed by atoms with van der Waals surface area (Å²) >= 11 is 1.38. The minimum Gasteiger partial charge on any atom is -0.314 e. The molecule has 0 aromatic carbocycles. The van der Waals surface area contributed by atoms with Crippen molar-refractivity contribution in [2.75, 3.05) is 26.2 Å². The van der Waals surface area contributed by atoms with Crippen molar-refractivity contribution < 1.29 is 8.42 Å². The number of sulfonamides is 1. The van der Waals surface area contributed by atoms with Crippen molar-refractivity contribution in [2.45, 2.75) is 17.6 Å². The lowest BCUT2D eigenvalue weighted by atomic mass is 10.4. The largest absolute Gasteiger partial charge is 0.314 e. The van der Waals surface area contributed by atoms with Crippen LogP contribution in [0.2, 0.25) is 0 Å². The molecule has 1 aliphatic rings. The van der Waals surface area contributed by atoms with E-state index in [9.17, 15) is 8.42 Å². The highest BCUT2D eigenvalue weighted by atomic mass is 35.5. The second-order valence-electron chi connectivity index (χ2n) is 3.73. The van der Waals surface area contributed by atoms with Crippen molar-refractivity contribution in [2.24, 2.45) is 0 Å². The Morgan fingerprint density at radius 3 is 2.53 bits per heavy atom. The van der Waals surface area contributed by atoms with Gasteiger partial charge >= 0.3 is 0 Å². The van der Waals surface area contributed by atoms with Crippen LogP contribution in [-0.4, -0.2) is 38.9 Å². The molecule has 0 atom stereocenters. The van der Waals surface area contributed by atoms with E-state index in [2.05, 4.69) is 5.32 Å². The normalized spacial score (nSPS) is 17.7. The molecule has 1 fully saturated rings. The molecule has 0 unspecified atom stereocenters. The smallest absolute Gasteiger partial charge is 0.252 e. The first-order valence-electron chi connectivity index (χ1n) is 5.44. The monoisotopic (exact) mass is 296 g/mol. The molecular weight excluding hydrogens is 280 g/mol. The lowest BCUT2D eigenvalue weighted by molar-refractivity contribution is 0.361. The van der Waals surface area contributed by atoms with Crippen LogP contribution in [0.3, 0.4) is 0 Å². The summed E-state index contributed by atoms with van der Waals surface area (Å²) in [6.07, 6.45) is 0.891. The second kappa shape index (κ2) is 6.15. The molecule has 0 saturated carbocycles. The Kier molecular flexibility index (Phi) is 5.40.